The van der Waals surface area contributed by atoms with E-state index in [4.69, 9.17) is 0 Å². The molecular weight excluding hydrogens is 207 g/mol. The van der Waals surface area contributed by atoms with Crippen LogP contribution < -0.4 is 0 Å². The Morgan fingerprint density at radius 1 is 1.38 bits per heavy atom. The summed E-state index contributed by atoms with van der Waals surface area (Å²) in [4.78, 5) is 10.7. The summed E-state index contributed by atoms with van der Waals surface area (Å²) in [6, 6.07) is 8.02. The maximum Gasteiger partial charge on any atom is 0.366 e. The fourth-order valence-corrected chi connectivity index (χ4v) is 1.30. The van der Waals surface area contributed by atoms with Crippen molar-refractivity contribution in [2.75, 3.05) is 7.11 Å². The fourth-order valence-electron chi connectivity index (χ4n) is 1.30. The average Bonchev–Trinajstić information content (AvgIpc) is 2.30. The maximum absolute atomic E-state index is 13.0. The third kappa shape index (κ3) is 3.85. The molecule has 3 heteroatoms. The number of hydrogen-bond acceptors (Lipinski definition) is 2. The molecule has 0 aliphatic rings. The van der Waals surface area contributed by atoms with Gasteiger partial charge in [0.05, 0.1) is 7.11 Å². The van der Waals surface area contributed by atoms with Crippen LogP contribution in [-0.4, -0.2) is 13.1 Å². The van der Waals surface area contributed by atoms with Gasteiger partial charge in [0.2, 0.25) is 5.83 Å². The highest BCUT2D eigenvalue weighted by atomic mass is 19.1. The Bertz CT molecular complexity index is 379. The predicted molar refractivity (Wildman–Crippen MR) is 60.7 cm³/mol. The van der Waals surface area contributed by atoms with Crippen LogP contribution in [0.4, 0.5) is 4.39 Å². The normalized spacial score (nSPS) is 11.3. The lowest BCUT2D eigenvalue weighted by atomic mass is 10.1. The van der Waals surface area contributed by atoms with Crippen molar-refractivity contribution in [3.05, 3.63) is 47.3 Å². The number of halogens is 1. The number of hydrogen-bond donors (Lipinski definition) is 0. The number of methoxy groups -OCH3 is 1. The molecule has 0 atom stereocenters. The summed E-state index contributed by atoms with van der Waals surface area (Å²) < 4.78 is 17.2. The Morgan fingerprint density at radius 3 is 2.56 bits per heavy atom. The standard InChI is InChI=1S/C13H15FO2/c1-10-6-8-11(9-7-10)4-3-5-12(14)13(15)16-2/h5-9H,3-4H2,1-2H3/b12-5-. The molecule has 0 saturated heterocycles. The lowest BCUT2D eigenvalue weighted by molar-refractivity contribution is -0.137. The summed E-state index contributed by atoms with van der Waals surface area (Å²) in [5.41, 5.74) is 2.32. The molecule has 0 amide bonds. The van der Waals surface area contributed by atoms with Gasteiger partial charge >= 0.3 is 5.97 Å². The van der Waals surface area contributed by atoms with Crippen molar-refractivity contribution < 1.29 is 13.9 Å². The van der Waals surface area contributed by atoms with Gasteiger partial charge in [-0.05, 0) is 31.4 Å². The topological polar surface area (TPSA) is 26.3 Å². The van der Waals surface area contributed by atoms with E-state index in [1.807, 2.05) is 31.2 Å². The van der Waals surface area contributed by atoms with Crippen molar-refractivity contribution in [3.63, 3.8) is 0 Å². The largest absolute Gasteiger partial charge is 0.464 e. The van der Waals surface area contributed by atoms with Crippen LogP contribution in [0, 0.1) is 6.92 Å². The highest BCUT2D eigenvalue weighted by Gasteiger charge is 2.06. The van der Waals surface area contributed by atoms with E-state index >= 15 is 0 Å². The van der Waals surface area contributed by atoms with Gasteiger partial charge in [0, 0.05) is 0 Å². The van der Waals surface area contributed by atoms with E-state index in [0.29, 0.717) is 12.8 Å². The third-order valence-corrected chi connectivity index (χ3v) is 2.26. The highest BCUT2D eigenvalue weighted by molar-refractivity contribution is 5.85. The molecule has 2 nitrogen and oxygen atoms in total. The smallest absolute Gasteiger partial charge is 0.366 e. The number of carbonyl (C=O) groups excluding carboxylic acids is 1. The van der Waals surface area contributed by atoms with Crippen LogP contribution in [0.5, 0.6) is 0 Å². The zero-order valence-electron chi connectivity index (χ0n) is 9.50. The first-order valence-electron chi connectivity index (χ1n) is 5.13. The molecule has 1 aromatic rings. The first-order chi connectivity index (χ1) is 7.63. The van der Waals surface area contributed by atoms with Gasteiger partial charge in [-0.25, -0.2) is 4.79 Å². The van der Waals surface area contributed by atoms with Crippen molar-refractivity contribution in [2.24, 2.45) is 0 Å². The minimum Gasteiger partial charge on any atom is -0.464 e. The van der Waals surface area contributed by atoms with Gasteiger partial charge in [-0.3, -0.25) is 0 Å². The molecule has 0 N–H and O–H groups in total. The van der Waals surface area contributed by atoms with Gasteiger partial charge < -0.3 is 4.74 Å². The Labute approximate surface area is 94.7 Å². The van der Waals surface area contributed by atoms with Crippen LogP contribution in [0.15, 0.2) is 36.2 Å². The summed E-state index contributed by atoms with van der Waals surface area (Å²) in [6.07, 6.45) is 2.46. The Hall–Kier alpha value is -1.64. The zero-order chi connectivity index (χ0) is 12.0. The molecule has 86 valence electrons. The highest BCUT2D eigenvalue weighted by Crippen LogP contribution is 2.08. The Balaban J connectivity index is 2.46. The number of ether oxygens (including phenoxy) is 1. The SMILES string of the molecule is COC(=O)/C(F)=C/CCc1ccc(C)cc1. The molecule has 0 spiro atoms. The van der Waals surface area contributed by atoms with E-state index < -0.39 is 11.8 Å². The predicted octanol–water partition coefficient (Wildman–Crippen LogP) is 2.95. The monoisotopic (exact) mass is 222 g/mol. The molecule has 16 heavy (non-hydrogen) atoms. The van der Waals surface area contributed by atoms with Crippen LogP contribution in [0.2, 0.25) is 0 Å². The fraction of sp³-hybridized carbons (Fsp3) is 0.308. The molecule has 0 aliphatic heterocycles. The van der Waals surface area contributed by atoms with E-state index in [-0.39, 0.29) is 0 Å². The molecule has 0 saturated carbocycles. The minimum absolute atomic E-state index is 0.490. The van der Waals surface area contributed by atoms with Crippen molar-refractivity contribution in [1.82, 2.24) is 0 Å². The van der Waals surface area contributed by atoms with Gasteiger partial charge in [-0.2, -0.15) is 4.39 Å². The molecule has 0 unspecified atom stereocenters. The molecule has 0 radical (unpaired) electrons. The second-order valence-corrected chi connectivity index (χ2v) is 3.57. The molecule has 0 aliphatic carbocycles. The van der Waals surface area contributed by atoms with Gasteiger partial charge in [-0.1, -0.05) is 29.8 Å². The number of allylic oxidation sites excluding steroid dienone is 1. The van der Waals surface area contributed by atoms with Crippen molar-refractivity contribution in [1.29, 1.82) is 0 Å². The van der Waals surface area contributed by atoms with Crippen LogP contribution in [0.3, 0.4) is 0 Å². The zero-order valence-corrected chi connectivity index (χ0v) is 9.50. The minimum atomic E-state index is -0.913. The Morgan fingerprint density at radius 2 is 2.00 bits per heavy atom. The van der Waals surface area contributed by atoms with Crippen LogP contribution in [0.1, 0.15) is 17.5 Å². The van der Waals surface area contributed by atoms with Gasteiger partial charge in [0.15, 0.2) is 0 Å². The first-order valence-corrected chi connectivity index (χ1v) is 5.13. The number of benzene rings is 1. The molecule has 1 aromatic carbocycles. The molecule has 1 rings (SSSR count). The number of rotatable bonds is 4. The number of aryl methyl sites for hydroxylation is 2. The quantitative estimate of drug-likeness (QED) is 0.578. The number of esters is 1. The summed E-state index contributed by atoms with van der Waals surface area (Å²) in [7, 11) is 1.16. The summed E-state index contributed by atoms with van der Waals surface area (Å²) in [5.74, 6) is -1.74. The van der Waals surface area contributed by atoms with Crippen LogP contribution in [0.25, 0.3) is 0 Å². The van der Waals surface area contributed by atoms with Gasteiger partial charge in [-0.15, -0.1) is 0 Å². The molecule has 0 heterocycles. The van der Waals surface area contributed by atoms with E-state index in [9.17, 15) is 9.18 Å². The lowest BCUT2D eigenvalue weighted by Gasteiger charge is -1.99. The van der Waals surface area contributed by atoms with Crippen molar-refractivity contribution in [3.8, 4) is 0 Å². The van der Waals surface area contributed by atoms with Gasteiger partial charge in [0.1, 0.15) is 0 Å². The van der Waals surface area contributed by atoms with Crippen LogP contribution >= 0.6 is 0 Å². The summed E-state index contributed by atoms with van der Waals surface area (Å²) >= 11 is 0. The molecular formula is C13H15FO2. The van der Waals surface area contributed by atoms with Crippen molar-refractivity contribution in [2.45, 2.75) is 19.8 Å². The summed E-state index contributed by atoms with van der Waals surface area (Å²) in [5, 5.41) is 0. The van der Waals surface area contributed by atoms with E-state index in [2.05, 4.69) is 4.74 Å². The van der Waals surface area contributed by atoms with E-state index in [1.165, 1.54) is 11.6 Å². The second kappa shape index (κ2) is 6.05. The molecule has 0 bridgehead atoms. The van der Waals surface area contributed by atoms with Gasteiger partial charge in [0.25, 0.3) is 0 Å². The summed E-state index contributed by atoms with van der Waals surface area (Å²) in [6.45, 7) is 2.01. The van der Waals surface area contributed by atoms with E-state index in [1.54, 1.807) is 0 Å². The van der Waals surface area contributed by atoms with Crippen molar-refractivity contribution >= 4 is 5.97 Å². The second-order valence-electron chi connectivity index (χ2n) is 3.57. The average molecular weight is 222 g/mol. The maximum atomic E-state index is 13.0. The first kappa shape index (κ1) is 12.4. The van der Waals surface area contributed by atoms with Crippen LogP contribution in [-0.2, 0) is 16.0 Å². The molecule has 0 fully saturated rings. The third-order valence-electron chi connectivity index (χ3n) is 2.26. The Kier molecular flexibility index (Phi) is 4.70. The van der Waals surface area contributed by atoms with E-state index in [0.717, 1.165) is 12.7 Å². The lowest BCUT2D eigenvalue weighted by Crippen LogP contribution is -2.00. The number of carbonyl (C=O) groups is 1. The molecule has 0 aromatic heterocycles.